The zero-order valence-corrected chi connectivity index (χ0v) is 13.5. The molecule has 0 aliphatic heterocycles. The van der Waals surface area contributed by atoms with Crippen molar-refractivity contribution >= 4 is 21.4 Å². The van der Waals surface area contributed by atoms with Crippen LogP contribution in [0.5, 0.6) is 0 Å². The van der Waals surface area contributed by atoms with E-state index < -0.39 is 14.9 Å². The van der Waals surface area contributed by atoms with E-state index >= 15 is 0 Å². The van der Waals surface area contributed by atoms with E-state index in [-0.39, 0.29) is 10.6 Å². The van der Waals surface area contributed by atoms with Crippen LogP contribution in [0.4, 0.5) is 5.69 Å². The fourth-order valence-electron chi connectivity index (χ4n) is 1.82. The molecular formula is C14H15N3O5S. The van der Waals surface area contributed by atoms with Crippen LogP contribution in [-0.2, 0) is 10.0 Å². The van der Waals surface area contributed by atoms with E-state index in [2.05, 4.69) is 5.10 Å². The summed E-state index contributed by atoms with van der Waals surface area (Å²) < 4.78 is 29.7. The Balaban J connectivity index is 2.29. The third kappa shape index (κ3) is 3.75. The van der Waals surface area contributed by atoms with Gasteiger partial charge in [0.25, 0.3) is 15.7 Å². The maximum atomic E-state index is 12.2. The summed E-state index contributed by atoms with van der Waals surface area (Å²) in [6.07, 6.45) is 0. The number of rotatable bonds is 5. The van der Waals surface area contributed by atoms with Gasteiger partial charge >= 0.3 is 0 Å². The summed E-state index contributed by atoms with van der Waals surface area (Å²) in [5, 5.41) is 14.7. The van der Waals surface area contributed by atoms with Gasteiger partial charge in [-0.25, -0.2) is 0 Å². The molecule has 0 bridgehead atoms. The fraction of sp³-hybridized carbons (Fsp3) is 0.214. The van der Waals surface area contributed by atoms with Crippen molar-refractivity contribution in [2.45, 2.75) is 25.7 Å². The highest BCUT2D eigenvalue weighted by Crippen LogP contribution is 2.22. The maximum absolute atomic E-state index is 12.2. The third-order valence-corrected chi connectivity index (χ3v) is 4.32. The van der Waals surface area contributed by atoms with Gasteiger partial charge in [-0.2, -0.15) is 18.4 Å². The first-order valence-electron chi connectivity index (χ1n) is 6.58. The van der Waals surface area contributed by atoms with Crippen LogP contribution in [0.15, 0.2) is 44.7 Å². The van der Waals surface area contributed by atoms with E-state index in [0.717, 1.165) is 6.07 Å². The first-order chi connectivity index (χ1) is 10.7. The fourth-order valence-corrected chi connectivity index (χ4v) is 2.69. The summed E-state index contributed by atoms with van der Waals surface area (Å²) in [4.78, 5) is 12.1. The molecule has 122 valence electrons. The Labute approximate surface area is 133 Å². The molecule has 1 aromatic carbocycles. The lowest BCUT2D eigenvalue weighted by Gasteiger charge is -2.05. The molecule has 0 saturated carbocycles. The van der Waals surface area contributed by atoms with Gasteiger partial charge in [-0.3, -0.25) is 10.1 Å². The number of hydrazone groups is 1. The van der Waals surface area contributed by atoms with Gasteiger partial charge in [-0.1, -0.05) is 6.07 Å². The quantitative estimate of drug-likeness (QED) is 0.511. The Morgan fingerprint density at radius 3 is 2.52 bits per heavy atom. The lowest BCUT2D eigenvalue weighted by molar-refractivity contribution is -0.385. The summed E-state index contributed by atoms with van der Waals surface area (Å²) >= 11 is 0. The van der Waals surface area contributed by atoms with Crippen molar-refractivity contribution in [2.75, 3.05) is 0 Å². The van der Waals surface area contributed by atoms with E-state index in [9.17, 15) is 18.5 Å². The SMILES string of the molecule is C/C(=N/NS(=O)(=O)c1ccc(C)c([N+](=O)[O-])c1)c1ccc(C)o1. The van der Waals surface area contributed by atoms with Crippen LogP contribution >= 0.6 is 0 Å². The molecule has 0 radical (unpaired) electrons. The van der Waals surface area contributed by atoms with Crippen molar-refractivity contribution < 1.29 is 17.8 Å². The van der Waals surface area contributed by atoms with E-state index in [1.54, 1.807) is 26.0 Å². The zero-order chi connectivity index (χ0) is 17.2. The van der Waals surface area contributed by atoms with Crippen molar-refractivity contribution in [1.29, 1.82) is 0 Å². The molecule has 0 fully saturated rings. The second-order valence-electron chi connectivity index (χ2n) is 4.91. The molecule has 0 spiro atoms. The van der Waals surface area contributed by atoms with E-state index in [1.165, 1.54) is 19.1 Å². The summed E-state index contributed by atoms with van der Waals surface area (Å²) in [6.45, 7) is 4.87. The molecule has 0 atom stereocenters. The number of nitro groups is 1. The summed E-state index contributed by atoms with van der Waals surface area (Å²) in [6, 6.07) is 7.05. The molecule has 9 heteroatoms. The number of nitrogens with one attached hydrogen (secondary N) is 1. The Bertz CT molecular complexity index is 884. The molecular weight excluding hydrogens is 322 g/mol. The lowest BCUT2D eigenvalue weighted by Crippen LogP contribution is -2.20. The van der Waals surface area contributed by atoms with Crippen molar-refractivity contribution in [1.82, 2.24) is 4.83 Å². The Hall–Kier alpha value is -2.68. The number of aryl methyl sites for hydroxylation is 2. The van der Waals surface area contributed by atoms with Crippen molar-refractivity contribution in [3.05, 3.63) is 57.5 Å². The first kappa shape index (κ1) is 16.7. The predicted molar refractivity (Wildman–Crippen MR) is 83.8 cm³/mol. The number of nitro benzene ring substituents is 1. The molecule has 2 aromatic rings. The van der Waals surface area contributed by atoms with Gasteiger partial charge in [-0.15, -0.1) is 0 Å². The van der Waals surface area contributed by atoms with Crippen LogP contribution in [0.1, 0.15) is 24.0 Å². The minimum atomic E-state index is -4.01. The topological polar surface area (TPSA) is 115 Å². The zero-order valence-electron chi connectivity index (χ0n) is 12.7. The van der Waals surface area contributed by atoms with E-state index in [1.807, 2.05) is 4.83 Å². The Morgan fingerprint density at radius 2 is 1.96 bits per heavy atom. The average molecular weight is 337 g/mol. The molecule has 0 unspecified atom stereocenters. The van der Waals surface area contributed by atoms with Gasteiger partial charge < -0.3 is 4.42 Å². The smallest absolute Gasteiger partial charge is 0.276 e. The van der Waals surface area contributed by atoms with Crippen molar-refractivity contribution in [2.24, 2.45) is 5.10 Å². The van der Waals surface area contributed by atoms with Crippen LogP contribution < -0.4 is 4.83 Å². The standard InChI is InChI=1S/C14H15N3O5S/c1-9-4-6-12(8-13(9)17(18)19)23(20,21)16-15-11(3)14-7-5-10(2)22-14/h4-8,16H,1-3H3/b15-11-. The molecule has 0 amide bonds. The second-order valence-corrected chi connectivity index (χ2v) is 6.57. The minimum absolute atomic E-state index is 0.234. The average Bonchev–Trinajstić information content (AvgIpc) is 2.91. The van der Waals surface area contributed by atoms with Crippen LogP contribution in [-0.4, -0.2) is 19.1 Å². The normalized spacial score (nSPS) is 12.2. The highest BCUT2D eigenvalue weighted by molar-refractivity contribution is 7.89. The molecule has 1 heterocycles. The summed E-state index contributed by atoms with van der Waals surface area (Å²) in [5.74, 6) is 1.10. The Kier molecular flexibility index (Phi) is 4.50. The Morgan fingerprint density at radius 1 is 1.26 bits per heavy atom. The van der Waals surface area contributed by atoms with Crippen molar-refractivity contribution in [3.63, 3.8) is 0 Å². The van der Waals surface area contributed by atoms with Gasteiger partial charge in [0.05, 0.1) is 9.82 Å². The monoisotopic (exact) mass is 337 g/mol. The molecule has 0 aliphatic carbocycles. The molecule has 0 aliphatic rings. The minimum Gasteiger partial charge on any atom is -0.460 e. The molecule has 1 N–H and O–H groups in total. The number of sulfonamides is 1. The van der Waals surface area contributed by atoms with Crippen molar-refractivity contribution in [3.8, 4) is 0 Å². The number of benzene rings is 1. The van der Waals surface area contributed by atoms with E-state index in [0.29, 0.717) is 22.8 Å². The second kappa shape index (κ2) is 6.21. The van der Waals surface area contributed by atoms with Gasteiger partial charge in [0.15, 0.2) is 0 Å². The molecule has 23 heavy (non-hydrogen) atoms. The molecule has 0 saturated heterocycles. The van der Waals surface area contributed by atoms with Gasteiger partial charge in [0.1, 0.15) is 17.2 Å². The van der Waals surface area contributed by atoms with Gasteiger partial charge in [-0.05, 0) is 39.0 Å². The van der Waals surface area contributed by atoms with Crippen LogP contribution in [0.25, 0.3) is 0 Å². The number of nitrogens with zero attached hydrogens (tertiary/aromatic N) is 2. The maximum Gasteiger partial charge on any atom is 0.276 e. The van der Waals surface area contributed by atoms with Gasteiger partial charge in [0.2, 0.25) is 0 Å². The highest BCUT2D eigenvalue weighted by atomic mass is 32.2. The molecule has 8 nitrogen and oxygen atoms in total. The number of hydrogen-bond acceptors (Lipinski definition) is 6. The largest absolute Gasteiger partial charge is 0.460 e. The van der Waals surface area contributed by atoms with E-state index in [4.69, 9.17) is 4.42 Å². The molecule has 1 aromatic heterocycles. The van der Waals surface area contributed by atoms with Crippen LogP contribution in [0.2, 0.25) is 0 Å². The first-order valence-corrected chi connectivity index (χ1v) is 8.07. The summed E-state index contributed by atoms with van der Waals surface area (Å²) in [7, 11) is -4.01. The number of hydrogen-bond donors (Lipinski definition) is 1. The van der Waals surface area contributed by atoms with Gasteiger partial charge in [0, 0.05) is 11.6 Å². The van der Waals surface area contributed by atoms with Crippen LogP contribution in [0.3, 0.4) is 0 Å². The summed E-state index contributed by atoms with van der Waals surface area (Å²) in [5.41, 5.74) is 0.443. The molecule has 2 rings (SSSR count). The predicted octanol–water partition coefficient (Wildman–Crippen LogP) is 2.51. The number of furan rings is 1. The third-order valence-electron chi connectivity index (χ3n) is 3.12. The lowest BCUT2D eigenvalue weighted by atomic mass is 10.2. The van der Waals surface area contributed by atoms with Crippen LogP contribution in [0, 0.1) is 24.0 Å². The highest BCUT2D eigenvalue weighted by Gasteiger charge is 2.19.